The highest BCUT2D eigenvalue weighted by Crippen LogP contribution is 2.32. The number of amides is 2. The molecular weight excluding hydrogens is 540 g/mol. The molecule has 1 aliphatic heterocycles. The number of benzene rings is 3. The van der Waals surface area contributed by atoms with Crippen LogP contribution in [-0.2, 0) is 13.1 Å². The van der Waals surface area contributed by atoms with Crippen molar-refractivity contribution in [2.45, 2.75) is 13.1 Å². The number of hydrogen-bond acceptors (Lipinski definition) is 4. The van der Waals surface area contributed by atoms with Gasteiger partial charge in [-0.05, 0) is 66.2 Å². The average Bonchev–Trinajstić information content (AvgIpc) is 3.31. The summed E-state index contributed by atoms with van der Waals surface area (Å²) in [6.45, 7) is 0.495. The van der Waals surface area contributed by atoms with Crippen LogP contribution in [0.3, 0.4) is 0 Å². The van der Waals surface area contributed by atoms with E-state index in [1.54, 1.807) is 64.2 Å². The van der Waals surface area contributed by atoms with Crippen LogP contribution >= 0.6 is 11.6 Å². The number of aromatic nitrogens is 2. The maximum atomic E-state index is 13.8. The van der Waals surface area contributed by atoms with Gasteiger partial charge in [0.1, 0.15) is 5.69 Å². The van der Waals surface area contributed by atoms with Crippen molar-refractivity contribution in [2.75, 3.05) is 10.2 Å². The number of nitrogens with zero attached hydrogens (tertiary/aromatic N) is 3. The number of carbonyl (C=O) groups excluding carboxylic acids is 2. The average molecular weight is 563 g/mol. The summed E-state index contributed by atoms with van der Waals surface area (Å²) in [7, 11) is 0. The fraction of sp³-hybridized carbons (Fsp3) is 0.0625. The highest BCUT2D eigenvalue weighted by molar-refractivity contribution is 6.35. The third kappa shape index (κ3) is 5.08. The van der Waals surface area contributed by atoms with Crippen molar-refractivity contribution in [1.29, 1.82) is 0 Å². The standard InChI is InChI=1S/C32H23ClN4O4/c33-26-17-23(35-30(38)21-8-5-7-20(16-21)27-9-3-4-15-34-27)11-13-25(26)31(39)37-19-24-12-14-29(32(40)41)36(24)18-22-6-1-2-10-28(22)37/h1-17H,18-19H2,(H,35,38)(H,40,41). The van der Waals surface area contributed by atoms with E-state index in [0.717, 1.165) is 16.8 Å². The van der Waals surface area contributed by atoms with Gasteiger partial charge in [0.25, 0.3) is 11.8 Å². The van der Waals surface area contributed by atoms with Crippen molar-refractivity contribution in [3.8, 4) is 11.3 Å². The molecule has 0 saturated heterocycles. The SMILES string of the molecule is O=C(Nc1ccc(C(=O)N2Cc3ccc(C(=O)O)n3Cc3ccccc32)c(Cl)c1)c1cccc(-c2ccccn2)c1. The normalized spacial score (nSPS) is 12.2. The Morgan fingerprint density at radius 3 is 2.46 bits per heavy atom. The summed E-state index contributed by atoms with van der Waals surface area (Å²) in [6, 6.07) is 28.2. The number of carbonyl (C=O) groups is 3. The molecule has 8 nitrogen and oxygen atoms in total. The van der Waals surface area contributed by atoms with Gasteiger partial charge < -0.3 is 19.9 Å². The lowest BCUT2D eigenvalue weighted by Gasteiger charge is -2.23. The highest BCUT2D eigenvalue weighted by atomic mass is 35.5. The number of pyridine rings is 1. The van der Waals surface area contributed by atoms with Crippen molar-refractivity contribution in [1.82, 2.24) is 9.55 Å². The van der Waals surface area contributed by atoms with Gasteiger partial charge in [0.05, 0.1) is 29.4 Å². The van der Waals surface area contributed by atoms with Gasteiger partial charge in [0.15, 0.2) is 0 Å². The number of carboxylic acid groups (broad SMARTS) is 1. The zero-order valence-corrected chi connectivity index (χ0v) is 22.4. The molecule has 2 aromatic heterocycles. The number of anilines is 2. The van der Waals surface area contributed by atoms with Crippen LogP contribution in [0.4, 0.5) is 11.4 Å². The maximum Gasteiger partial charge on any atom is 0.352 e. The van der Waals surface area contributed by atoms with Gasteiger partial charge >= 0.3 is 5.97 Å². The Balaban J connectivity index is 1.26. The maximum absolute atomic E-state index is 13.8. The van der Waals surface area contributed by atoms with Gasteiger partial charge in [-0.2, -0.15) is 0 Å². The monoisotopic (exact) mass is 562 g/mol. The Bertz CT molecular complexity index is 1820. The molecule has 9 heteroatoms. The Morgan fingerprint density at radius 2 is 1.68 bits per heavy atom. The lowest BCUT2D eigenvalue weighted by atomic mass is 10.1. The number of rotatable bonds is 5. The van der Waals surface area contributed by atoms with E-state index in [4.69, 9.17) is 11.6 Å². The van der Waals surface area contributed by atoms with Crippen molar-refractivity contribution in [3.05, 3.63) is 136 Å². The van der Waals surface area contributed by atoms with Gasteiger partial charge in [0, 0.05) is 34.4 Å². The van der Waals surface area contributed by atoms with E-state index in [9.17, 15) is 19.5 Å². The van der Waals surface area contributed by atoms with Gasteiger partial charge in [-0.3, -0.25) is 14.6 Å². The number of fused-ring (bicyclic) bond motifs is 2. The molecule has 0 unspecified atom stereocenters. The third-order valence-corrected chi connectivity index (χ3v) is 7.32. The molecule has 0 bridgehead atoms. The fourth-order valence-corrected chi connectivity index (χ4v) is 5.26. The van der Waals surface area contributed by atoms with Crippen molar-refractivity contribution in [2.24, 2.45) is 0 Å². The number of carboxylic acids is 1. The number of halogens is 1. The summed E-state index contributed by atoms with van der Waals surface area (Å²) in [6.07, 6.45) is 1.70. The lowest BCUT2D eigenvalue weighted by Crippen LogP contribution is -2.31. The Morgan fingerprint density at radius 1 is 0.854 bits per heavy atom. The van der Waals surface area contributed by atoms with Crippen molar-refractivity contribution >= 4 is 40.8 Å². The number of hydrogen-bond donors (Lipinski definition) is 2. The predicted octanol–water partition coefficient (Wildman–Crippen LogP) is 6.36. The van der Waals surface area contributed by atoms with Gasteiger partial charge in [-0.1, -0.05) is 48.0 Å². The summed E-state index contributed by atoms with van der Waals surface area (Å²) in [4.78, 5) is 44.6. The first-order chi connectivity index (χ1) is 19.9. The topological polar surface area (TPSA) is 105 Å². The van der Waals surface area contributed by atoms with Gasteiger partial charge in [-0.15, -0.1) is 0 Å². The number of nitrogens with one attached hydrogen (secondary N) is 1. The quantitative estimate of drug-likeness (QED) is 0.259. The highest BCUT2D eigenvalue weighted by Gasteiger charge is 2.28. The van der Waals surface area contributed by atoms with Crippen LogP contribution < -0.4 is 10.2 Å². The molecule has 1 aliphatic rings. The van der Waals surface area contributed by atoms with E-state index in [1.165, 1.54) is 0 Å². The minimum absolute atomic E-state index is 0.160. The van der Waals surface area contributed by atoms with Crippen LogP contribution in [0.15, 0.2) is 103 Å². The molecule has 5 aromatic rings. The first kappa shape index (κ1) is 26.0. The Hall–Kier alpha value is -5.21. The summed E-state index contributed by atoms with van der Waals surface area (Å²) in [5, 5.41) is 12.7. The van der Waals surface area contributed by atoms with E-state index in [0.29, 0.717) is 29.2 Å². The zero-order chi connectivity index (χ0) is 28.5. The lowest BCUT2D eigenvalue weighted by molar-refractivity contribution is 0.0685. The minimum atomic E-state index is -1.03. The van der Waals surface area contributed by atoms with Gasteiger partial charge in [0.2, 0.25) is 0 Å². The largest absolute Gasteiger partial charge is 0.477 e. The second kappa shape index (κ2) is 10.7. The molecule has 0 atom stereocenters. The van der Waals surface area contributed by atoms with Crippen LogP contribution in [-0.4, -0.2) is 32.4 Å². The second-order valence-corrected chi connectivity index (χ2v) is 9.97. The minimum Gasteiger partial charge on any atom is -0.477 e. The molecule has 0 fully saturated rings. The van der Waals surface area contributed by atoms with E-state index < -0.39 is 5.97 Å². The van der Waals surface area contributed by atoms with E-state index in [1.807, 2.05) is 48.5 Å². The molecule has 202 valence electrons. The fourth-order valence-electron chi connectivity index (χ4n) is 5.00. The van der Waals surface area contributed by atoms with Crippen molar-refractivity contribution < 1.29 is 19.5 Å². The molecule has 2 N–H and O–H groups in total. The molecule has 0 aliphatic carbocycles. The molecule has 0 radical (unpaired) electrons. The number of aromatic carboxylic acids is 1. The molecular formula is C32H23ClN4O4. The summed E-state index contributed by atoms with van der Waals surface area (Å²) in [5.41, 5.74) is 5.07. The van der Waals surface area contributed by atoms with E-state index in [2.05, 4.69) is 10.3 Å². The van der Waals surface area contributed by atoms with E-state index in [-0.39, 0.29) is 34.6 Å². The molecule has 6 rings (SSSR count). The molecule has 3 aromatic carbocycles. The smallest absolute Gasteiger partial charge is 0.352 e. The first-order valence-corrected chi connectivity index (χ1v) is 13.2. The molecule has 0 saturated carbocycles. The van der Waals surface area contributed by atoms with Crippen LogP contribution in [0.5, 0.6) is 0 Å². The van der Waals surface area contributed by atoms with Gasteiger partial charge in [-0.25, -0.2) is 4.79 Å². The summed E-state index contributed by atoms with van der Waals surface area (Å²) < 4.78 is 1.71. The van der Waals surface area contributed by atoms with Crippen LogP contribution in [0, 0.1) is 0 Å². The molecule has 41 heavy (non-hydrogen) atoms. The van der Waals surface area contributed by atoms with Crippen LogP contribution in [0.1, 0.15) is 42.5 Å². The first-order valence-electron chi connectivity index (χ1n) is 12.8. The molecule has 0 spiro atoms. The molecule has 3 heterocycles. The Kier molecular flexibility index (Phi) is 6.83. The Labute approximate surface area is 240 Å². The second-order valence-electron chi connectivity index (χ2n) is 9.57. The summed E-state index contributed by atoms with van der Waals surface area (Å²) >= 11 is 6.60. The number of para-hydroxylation sites is 1. The van der Waals surface area contributed by atoms with Crippen LogP contribution in [0.25, 0.3) is 11.3 Å². The van der Waals surface area contributed by atoms with E-state index >= 15 is 0 Å². The van der Waals surface area contributed by atoms with Crippen LogP contribution in [0.2, 0.25) is 5.02 Å². The molecule has 2 amide bonds. The third-order valence-electron chi connectivity index (χ3n) is 7.01. The summed E-state index contributed by atoms with van der Waals surface area (Å²) in [5.74, 6) is -1.69. The van der Waals surface area contributed by atoms with Crippen molar-refractivity contribution in [3.63, 3.8) is 0 Å². The zero-order valence-electron chi connectivity index (χ0n) is 21.6. The predicted molar refractivity (Wildman–Crippen MR) is 157 cm³/mol.